The van der Waals surface area contributed by atoms with E-state index in [0.29, 0.717) is 17.9 Å². The van der Waals surface area contributed by atoms with Gasteiger partial charge >= 0.3 is 0 Å². The number of primary amides is 1. The van der Waals surface area contributed by atoms with E-state index in [-0.39, 0.29) is 29.2 Å². The molecule has 2 amide bonds. The quantitative estimate of drug-likeness (QED) is 0.442. The number of nitrogens with one attached hydrogen (secondary N) is 2. The summed E-state index contributed by atoms with van der Waals surface area (Å²) >= 11 is 0. The molecule has 2 aliphatic rings. The lowest BCUT2D eigenvalue weighted by Gasteiger charge is -2.23. The fraction of sp³-hybridized carbons (Fsp3) is 0.364. The van der Waals surface area contributed by atoms with Gasteiger partial charge in [0.25, 0.3) is 11.6 Å². The third-order valence-corrected chi connectivity index (χ3v) is 5.72. The number of carbonyl (C=O) groups excluding carboxylic acids is 2. The molecule has 1 saturated carbocycles. The zero-order valence-electron chi connectivity index (χ0n) is 17.0. The van der Waals surface area contributed by atoms with Crippen LogP contribution in [-0.4, -0.2) is 40.3 Å². The lowest BCUT2D eigenvalue weighted by atomic mass is 10.1. The van der Waals surface area contributed by atoms with Crippen LogP contribution in [0.25, 0.3) is 0 Å². The molecular weight excluding hydrogens is 398 g/mol. The number of carbonyl (C=O) groups is 2. The Morgan fingerprint density at radius 2 is 1.90 bits per heavy atom. The smallest absolute Gasteiger partial charge is 0.293 e. The van der Waals surface area contributed by atoms with Gasteiger partial charge in [-0.15, -0.1) is 0 Å². The van der Waals surface area contributed by atoms with E-state index in [0.717, 1.165) is 37.8 Å². The van der Waals surface area contributed by atoms with Gasteiger partial charge in [0.05, 0.1) is 11.0 Å². The molecule has 162 valence electrons. The van der Waals surface area contributed by atoms with E-state index in [2.05, 4.69) is 10.6 Å². The van der Waals surface area contributed by atoms with Crippen LogP contribution in [0.4, 0.5) is 17.1 Å². The number of hydrogen-bond donors (Lipinski definition) is 3. The molecule has 0 bridgehead atoms. The fourth-order valence-corrected chi connectivity index (χ4v) is 3.92. The third kappa shape index (κ3) is 4.83. The monoisotopic (exact) mass is 423 g/mol. The highest BCUT2D eigenvalue weighted by atomic mass is 16.6. The van der Waals surface area contributed by atoms with Gasteiger partial charge in [-0.05, 0) is 56.0 Å². The second-order valence-corrected chi connectivity index (χ2v) is 8.05. The molecule has 9 heteroatoms. The van der Waals surface area contributed by atoms with Crippen LogP contribution in [0, 0.1) is 10.1 Å². The van der Waals surface area contributed by atoms with Gasteiger partial charge in [0, 0.05) is 29.9 Å². The van der Waals surface area contributed by atoms with Gasteiger partial charge < -0.3 is 16.4 Å². The van der Waals surface area contributed by atoms with Crippen molar-refractivity contribution in [2.24, 2.45) is 5.73 Å². The number of nitrogens with zero attached hydrogens (tertiary/aromatic N) is 2. The topological polar surface area (TPSA) is 131 Å². The van der Waals surface area contributed by atoms with Gasteiger partial charge in [0.2, 0.25) is 5.91 Å². The average Bonchev–Trinajstić information content (AvgIpc) is 3.43. The molecule has 2 fully saturated rings. The van der Waals surface area contributed by atoms with Crippen LogP contribution >= 0.6 is 0 Å². The molecule has 1 aliphatic heterocycles. The summed E-state index contributed by atoms with van der Waals surface area (Å²) in [6.07, 6.45) is 3.61. The fourth-order valence-electron chi connectivity index (χ4n) is 3.92. The number of nitro groups is 1. The van der Waals surface area contributed by atoms with Gasteiger partial charge in [0.15, 0.2) is 0 Å². The second kappa shape index (κ2) is 8.73. The third-order valence-electron chi connectivity index (χ3n) is 5.72. The Morgan fingerprint density at radius 3 is 2.61 bits per heavy atom. The maximum absolute atomic E-state index is 12.9. The minimum absolute atomic E-state index is 0.116. The van der Waals surface area contributed by atoms with Gasteiger partial charge in [-0.3, -0.25) is 24.6 Å². The first-order valence-corrected chi connectivity index (χ1v) is 10.4. The number of anilines is 2. The number of amides is 2. The Labute approximate surface area is 179 Å². The van der Waals surface area contributed by atoms with E-state index >= 15 is 0 Å². The zero-order chi connectivity index (χ0) is 22.0. The molecule has 31 heavy (non-hydrogen) atoms. The van der Waals surface area contributed by atoms with Crippen LogP contribution in [0.2, 0.25) is 0 Å². The normalized spacial score (nSPS) is 18.5. The molecular formula is C22H25N5O4. The van der Waals surface area contributed by atoms with E-state index in [1.165, 1.54) is 6.07 Å². The summed E-state index contributed by atoms with van der Waals surface area (Å²) < 4.78 is 0. The molecule has 4 N–H and O–H groups in total. The average molecular weight is 423 g/mol. The number of rotatable bonds is 8. The van der Waals surface area contributed by atoms with E-state index in [1.807, 2.05) is 17.0 Å². The first kappa shape index (κ1) is 20.8. The molecule has 2 aromatic carbocycles. The van der Waals surface area contributed by atoms with Gasteiger partial charge in [-0.1, -0.05) is 18.2 Å². The van der Waals surface area contributed by atoms with Gasteiger partial charge in [0.1, 0.15) is 5.69 Å². The Kier molecular flexibility index (Phi) is 5.85. The lowest BCUT2D eigenvalue weighted by Crippen LogP contribution is -2.39. The highest BCUT2D eigenvalue weighted by Crippen LogP contribution is 2.32. The van der Waals surface area contributed by atoms with Gasteiger partial charge in [-0.25, -0.2) is 0 Å². The number of nitro benzene ring substituents is 1. The lowest BCUT2D eigenvalue weighted by molar-refractivity contribution is -0.384. The van der Waals surface area contributed by atoms with Crippen LogP contribution in [0.3, 0.4) is 0 Å². The van der Waals surface area contributed by atoms with Crippen molar-refractivity contribution in [1.82, 2.24) is 4.90 Å². The molecule has 1 saturated heterocycles. The molecule has 1 atom stereocenters. The summed E-state index contributed by atoms with van der Waals surface area (Å²) in [6, 6.07) is 11.8. The summed E-state index contributed by atoms with van der Waals surface area (Å²) in [7, 11) is 0. The molecule has 4 rings (SSSR count). The number of likely N-dealkylation sites (tertiary alicyclic amines) is 1. The van der Waals surface area contributed by atoms with Crippen LogP contribution in [0.5, 0.6) is 0 Å². The highest BCUT2D eigenvalue weighted by molar-refractivity contribution is 6.05. The summed E-state index contributed by atoms with van der Waals surface area (Å²) in [5, 5.41) is 17.5. The Balaban J connectivity index is 1.52. The molecule has 1 aliphatic carbocycles. The van der Waals surface area contributed by atoms with Crippen LogP contribution in [-0.2, 0) is 11.3 Å². The molecule has 9 nitrogen and oxygen atoms in total. The Morgan fingerprint density at radius 1 is 1.13 bits per heavy atom. The number of para-hydroxylation sites is 1. The number of nitrogens with two attached hydrogens (primary N) is 1. The Hall–Kier alpha value is -3.46. The van der Waals surface area contributed by atoms with Crippen LogP contribution < -0.4 is 16.4 Å². The van der Waals surface area contributed by atoms with Crippen molar-refractivity contribution in [3.63, 3.8) is 0 Å². The molecule has 0 aromatic heterocycles. The van der Waals surface area contributed by atoms with Crippen molar-refractivity contribution in [1.29, 1.82) is 0 Å². The van der Waals surface area contributed by atoms with Gasteiger partial charge in [-0.2, -0.15) is 0 Å². The largest absolute Gasteiger partial charge is 0.377 e. The van der Waals surface area contributed by atoms with E-state index < -0.39 is 10.8 Å². The van der Waals surface area contributed by atoms with Crippen molar-refractivity contribution in [3.05, 3.63) is 63.7 Å². The van der Waals surface area contributed by atoms with Crippen LogP contribution in [0.15, 0.2) is 42.5 Å². The van der Waals surface area contributed by atoms with Crippen molar-refractivity contribution in [2.75, 3.05) is 17.2 Å². The highest BCUT2D eigenvalue weighted by Gasteiger charge is 2.29. The summed E-state index contributed by atoms with van der Waals surface area (Å²) in [5.74, 6) is -0.771. The minimum atomic E-state index is -0.479. The maximum atomic E-state index is 12.9. The zero-order valence-corrected chi connectivity index (χ0v) is 17.0. The van der Waals surface area contributed by atoms with E-state index in [9.17, 15) is 19.7 Å². The molecule has 0 spiro atoms. The summed E-state index contributed by atoms with van der Waals surface area (Å²) in [6.45, 7) is 1.24. The van der Waals surface area contributed by atoms with Crippen LogP contribution in [0.1, 0.15) is 41.6 Å². The first-order valence-electron chi connectivity index (χ1n) is 10.4. The molecule has 0 radical (unpaired) electrons. The SMILES string of the molecule is NC(=O)C1CCCN1Cc1ccccc1NC(=O)c1ccc(NC2CC2)c([N+](=O)[O-])c1. The standard InChI is InChI=1S/C22H25N5O4/c23-21(28)19-6-3-11-26(19)13-15-4-1-2-5-17(15)25-22(29)14-7-10-18(24-16-8-9-16)20(12-14)27(30)31/h1-2,4-5,7,10,12,16,19,24H,3,6,8-9,11,13H2,(H2,23,28)(H,25,29). The van der Waals surface area contributed by atoms with Crippen molar-refractivity contribution in [2.45, 2.75) is 44.3 Å². The maximum Gasteiger partial charge on any atom is 0.293 e. The van der Waals surface area contributed by atoms with E-state index in [4.69, 9.17) is 5.73 Å². The summed E-state index contributed by atoms with van der Waals surface area (Å²) in [4.78, 5) is 37.6. The second-order valence-electron chi connectivity index (χ2n) is 8.05. The molecule has 1 unspecified atom stereocenters. The minimum Gasteiger partial charge on any atom is -0.377 e. The predicted molar refractivity (Wildman–Crippen MR) is 117 cm³/mol. The first-order chi connectivity index (χ1) is 14.9. The van der Waals surface area contributed by atoms with Crippen molar-refractivity contribution >= 4 is 28.9 Å². The number of benzene rings is 2. The predicted octanol–water partition coefficient (Wildman–Crippen LogP) is 2.87. The Bertz CT molecular complexity index is 1020. The molecule has 2 aromatic rings. The van der Waals surface area contributed by atoms with Crippen molar-refractivity contribution < 1.29 is 14.5 Å². The molecule has 1 heterocycles. The summed E-state index contributed by atoms with van der Waals surface area (Å²) in [5.41, 5.74) is 7.48. The number of hydrogen-bond acceptors (Lipinski definition) is 6. The van der Waals surface area contributed by atoms with Crippen molar-refractivity contribution in [3.8, 4) is 0 Å². The van der Waals surface area contributed by atoms with E-state index in [1.54, 1.807) is 24.3 Å².